The lowest BCUT2D eigenvalue weighted by Crippen LogP contribution is -2.09. The first kappa shape index (κ1) is 10.9. The van der Waals surface area contributed by atoms with E-state index >= 15 is 0 Å². The molecule has 0 spiro atoms. The molecule has 0 bridgehead atoms. The SMILES string of the molecule is Cc1cc(C)cc(CSC(N)=NN)c1. The van der Waals surface area contributed by atoms with Gasteiger partial charge in [-0.25, -0.2) is 0 Å². The standard InChI is InChI=1S/C10H15N3S/c1-7-3-8(2)5-9(4-7)6-14-10(11)13-12/h3-5H,6,12H2,1-2H3,(H2,11,13). The van der Waals surface area contributed by atoms with Crippen LogP contribution in [-0.4, -0.2) is 5.17 Å². The maximum atomic E-state index is 5.48. The summed E-state index contributed by atoms with van der Waals surface area (Å²) in [6.45, 7) is 4.17. The largest absolute Gasteiger partial charge is 0.377 e. The van der Waals surface area contributed by atoms with Crippen LogP contribution < -0.4 is 11.6 Å². The van der Waals surface area contributed by atoms with Crippen molar-refractivity contribution >= 4 is 16.9 Å². The predicted octanol–water partition coefficient (Wildman–Crippen LogP) is 1.73. The number of thioether (sulfide) groups is 1. The summed E-state index contributed by atoms with van der Waals surface area (Å²) >= 11 is 1.45. The Morgan fingerprint density at radius 1 is 1.29 bits per heavy atom. The van der Waals surface area contributed by atoms with Gasteiger partial charge in [-0.05, 0) is 19.4 Å². The van der Waals surface area contributed by atoms with Crippen LogP contribution in [0.5, 0.6) is 0 Å². The summed E-state index contributed by atoms with van der Waals surface area (Å²) in [5, 5.41) is 3.83. The Morgan fingerprint density at radius 3 is 2.36 bits per heavy atom. The number of nitrogens with two attached hydrogens (primary N) is 2. The predicted molar refractivity (Wildman–Crippen MR) is 63.0 cm³/mol. The van der Waals surface area contributed by atoms with Crippen LogP contribution in [0.15, 0.2) is 23.3 Å². The van der Waals surface area contributed by atoms with Crippen LogP contribution in [0.2, 0.25) is 0 Å². The Hall–Kier alpha value is -1.16. The highest BCUT2D eigenvalue weighted by molar-refractivity contribution is 8.13. The van der Waals surface area contributed by atoms with Crippen molar-refractivity contribution in [2.24, 2.45) is 16.7 Å². The van der Waals surface area contributed by atoms with E-state index in [1.165, 1.54) is 28.5 Å². The number of amidine groups is 1. The molecular formula is C10H15N3S. The van der Waals surface area contributed by atoms with E-state index in [9.17, 15) is 0 Å². The summed E-state index contributed by atoms with van der Waals surface area (Å²) in [6, 6.07) is 6.43. The lowest BCUT2D eigenvalue weighted by molar-refractivity contribution is 1.25. The molecule has 1 aromatic rings. The van der Waals surface area contributed by atoms with Crippen LogP contribution in [0.3, 0.4) is 0 Å². The van der Waals surface area contributed by atoms with Crippen LogP contribution in [0.4, 0.5) is 0 Å². The van der Waals surface area contributed by atoms with Crippen LogP contribution in [-0.2, 0) is 5.75 Å². The Labute approximate surface area is 88.6 Å². The maximum Gasteiger partial charge on any atom is 0.177 e. The average molecular weight is 209 g/mol. The zero-order valence-corrected chi connectivity index (χ0v) is 9.27. The first-order valence-corrected chi connectivity index (χ1v) is 5.33. The van der Waals surface area contributed by atoms with Gasteiger partial charge in [0.15, 0.2) is 5.17 Å². The molecule has 76 valence electrons. The van der Waals surface area contributed by atoms with Gasteiger partial charge in [-0.3, -0.25) is 0 Å². The molecule has 0 amide bonds. The third kappa shape index (κ3) is 3.30. The van der Waals surface area contributed by atoms with Gasteiger partial charge in [0.25, 0.3) is 0 Å². The summed E-state index contributed by atoms with van der Waals surface area (Å²) in [7, 11) is 0. The summed E-state index contributed by atoms with van der Waals surface area (Å²) in [5.74, 6) is 5.85. The summed E-state index contributed by atoms with van der Waals surface area (Å²) in [6.07, 6.45) is 0. The highest BCUT2D eigenvalue weighted by Gasteiger charge is 1.98. The van der Waals surface area contributed by atoms with Crippen LogP contribution in [0.1, 0.15) is 16.7 Å². The third-order valence-electron chi connectivity index (χ3n) is 1.80. The fourth-order valence-electron chi connectivity index (χ4n) is 1.35. The highest BCUT2D eigenvalue weighted by atomic mass is 32.2. The van der Waals surface area contributed by atoms with E-state index in [1.807, 2.05) is 0 Å². The van der Waals surface area contributed by atoms with Crippen LogP contribution in [0, 0.1) is 13.8 Å². The molecule has 14 heavy (non-hydrogen) atoms. The van der Waals surface area contributed by atoms with Gasteiger partial charge in [0, 0.05) is 5.75 Å². The monoisotopic (exact) mass is 209 g/mol. The first-order valence-electron chi connectivity index (χ1n) is 4.35. The van der Waals surface area contributed by atoms with Crippen molar-refractivity contribution in [2.75, 3.05) is 0 Å². The fourth-order valence-corrected chi connectivity index (χ4v) is 1.90. The molecule has 1 aromatic carbocycles. The molecule has 0 aliphatic rings. The molecule has 0 atom stereocenters. The summed E-state index contributed by atoms with van der Waals surface area (Å²) in [5.41, 5.74) is 9.27. The molecule has 0 unspecified atom stereocenters. The molecule has 0 radical (unpaired) electrons. The topological polar surface area (TPSA) is 64.4 Å². The number of hydrazone groups is 1. The lowest BCUT2D eigenvalue weighted by Gasteiger charge is -2.03. The number of hydrogen-bond donors (Lipinski definition) is 2. The fraction of sp³-hybridized carbons (Fsp3) is 0.300. The second-order valence-electron chi connectivity index (χ2n) is 3.25. The van der Waals surface area contributed by atoms with Crippen molar-refractivity contribution in [3.05, 3.63) is 34.9 Å². The van der Waals surface area contributed by atoms with Gasteiger partial charge in [0.05, 0.1) is 0 Å². The molecule has 0 heterocycles. The van der Waals surface area contributed by atoms with Crippen molar-refractivity contribution in [1.29, 1.82) is 0 Å². The molecule has 0 aliphatic carbocycles. The van der Waals surface area contributed by atoms with E-state index in [0.717, 1.165) is 5.75 Å². The minimum Gasteiger partial charge on any atom is -0.377 e. The molecule has 4 N–H and O–H groups in total. The van der Waals surface area contributed by atoms with Gasteiger partial charge >= 0.3 is 0 Å². The number of rotatable bonds is 2. The Kier molecular flexibility index (Phi) is 3.83. The minimum atomic E-state index is 0.421. The molecule has 1 rings (SSSR count). The van der Waals surface area contributed by atoms with E-state index in [1.54, 1.807) is 0 Å². The Morgan fingerprint density at radius 2 is 1.86 bits per heavy atom. The van der Waals surface area contributed by atoms with Gasteiger partial charge in [0.2, 0.25) is 0 Å². The second-order valence-corrected chi connectivity index (χ2v) is 4.25. The summed E-state index contributed by atoms with van der Waals surface area (Å²) in [4.78, 5) is 0. The third-order valence-corrected chi connectivity index (χ3v) is 2.67. The van der Waals surface area contributed by atoms with E-state index in [2.05, 4.69) is 37.1 Å². The number of hydrogen-bond acceptors (Lipinski definition) is 3. The lowest BCUT2D eigenvalue weighted by atomic mass is 10.1. The summed E-state index contributed by atoms with van der Waals surface area (Å²) < 4.78 is 0. The number of benzene rings is 1. The Bertz CT molecular complexity index is 327. The van der Waals surface area contributed by atoms with Gasteiger partial charge in [-0.1, -0.05) is 41.1 Å². The molecule has 0 fully saturated rings. The zero-order valence-electron chi connectivity index (χ0n) is 8.45. The number of aryl methyl sites for hydroxylation is 2. The molecule has 0 saturated carbocycles. The van der Waals surface area contributed by atoms with E-state index in [0.29, 0.717) is 5.17 Å². The molecule has 0 aliphatic heterocycles. The normalized spacial score (nSPS) is 11.7. The van der Waals surface area contributed by atoms with Crippen molar-refractivity contribution < 1.29 is 0 Å². The van der Waals surface area contributed by atoms with Crippen molar-refractivity contribution in [1.82, 2.24) is 0 Å². The van der Waals surface area contributed by atoms with Gasteiger partial charge in [0.1, 0.15) is 0 Å². The van der Waals surface area contributed by atoms with Crippen LogP contribution in [0.25, 0.3) is 0 Å². The van der Waals surface area contributed by atoms with Gasteiger partial charge in [-0.2, -0.15) is 5.10 Å². The van der Waals surface area contributed by atoms with Crippen LogP contribution >= 0.6 is 11.8 Å². The van der Waals surface area contributed by atoms with Crippen molar-refractivity contribution in [3.63, 3.8) is 0 Å². The minimum absolute atomic E-state index is 0.421. The number of nitrogens with zero attached hydrogens (tertiary/aromatic N) is 1. The van der Waals surface area contributed by atoms with Crippen molar-refractivity contribution in [2.45, 2.75) is 19.6 Å². The quantitative estimate of drug-likeness (QED) is 0.337. The molecule has 3 nitrogen and oxygen atoms in total. The van der Waals surface area contributed by atoms with E-state index < -0.39 is 0 Å². The van der Waals surface area contributed by atoms with Gasteiger partial charge in [-0.15, -0.1) is 0 Å². The van der Waals surface area contributed by atoms with E-state index in [4.69, 9.17) is 11.6 Å². The first-order chi connectivity index (χ1) is 6.61. The molecule has 0 saturated heterocycles. The highest BCUT2D eigenvalue weighted by Crippen LogP contribution is 2.15. The smallest absolute Gasteiger partial charge is 0.177 e. The maximum absolute atomic E-state index is 5.48. The molecule has 4 heteroatoms. The van der Waals surface area contributed by atoms with E-state index in [-0.39, 0.29) is 0 Å². The van der Waals surface area contributed by atoms with Gasteiger partial charge < -0.3 is 11.6 Å². The Balaban J connectivity index is 2.67. The van der Waals surface area contributed by atoms with Crippen molar-refractivity contribution in [3.8, 4) is 0 Å². The molecular weight excluding hydrogens is 194 g/mol. The average Bonchev–Trinajstić information content (AvgIpc) is 2.12. The second kappa shape index (κ2) is 4.91. The molecule has 0 aromatic heterocycles. The zero-order chi connectivity index (χ0) is 10.6.